The Balaban J connectivity index is 2.71. The molecule has 0 radical (unpaired) electrons. The molecule has 1 aliphatic rings. The number of hydrogen-bond acceptors (Lipinski definition) is 3. The van der Waals surface area contributed by atoms with Gasteiger partial charge in [0.05, 0.1) is 4.90 Å². The average molecular weight is 282 g/mol. The minimum absolute atomic E-state index is 0.230. The van der Waals surface area contributed by atoms with Crippen LogP contribution in [0.4, 0.5) is 17.6 Å². The Morgan fingerprint density at radius 3 is 2.39 bits per heavy atom. The summed E-state index contributed by atoms with van der Waals surface area (Å²) in [5.41, 5.74) is -1.05. The highest BCUT2D eigenvalue weighted by Gasteiger charge is 2.49. The molecule has 0 bridgehead atoms. The van der Waals surface area contributed by atoms with E-state index < -0.39 is 44.2 Å². The molecule has 0 spiro atoms. The van der Waals surface area contributed by atoms with Crippen LogP contribution in [0.5, 0.6) is 0 Å². The largest absolute Gasteiger partial charge is 0.341 e. The van der Waals surface area contributed by atoms with Crippen molar-refractivity contribution in [3.8, 4) is 0 Å². The molecule has 3 nitrogen and oxygen atoms in total. The third-order valence-electron chi connectivity index (χ3n) is 2.63. The molecule has 98 valence electrons. The molecule has 0 saturated carbocycles. The van der Waals surface area contributed by atoms with Gasteiger partial charge >= 0.3 is 11.7 Å². The van der Waals surface area contributed by atoms with Crippen molar-refractivity contribution in [2.75, 3.05) is 0 Å². The van der Waals surface area contributed by atoms with Crippen LogP contribution >= 0.6 is 0 Å². The Labute approximate surface area is 99.3 Å². The number of halogens is 4. The normalized spacial score (nSPS) is 18.2. The van der Waals surface area contributed by atoms with Gasteiger partial charge in [0.25, 0.3) is 0 Å². The van der Waals surface area contributed by atoms with E-state index in [1.165, 1.54) is 0 Å². The van der Waals surface area contributed by atoms with Crippen molar-refractivity contribution in [2.45, 2.75) is 23.0 Å². The Morgan fingerprint density at radius 2 is 1.83 bits per heavy atom. The van der Waals surface area contributed by atoms with Gasteiger partial charge in [0.2, 0.25) is 15.6 Å². The Hall–Kier alpha value is -1.44. The van der Waals surface area contributed by atoms with E-state index in [1.807, 2.05) is 0 Å². The summed E-state index contributed by atoms with van der Waals surface area (Å²) >= 11 is 0. The number of carbonyl (C=O) groups excluding carboxylic acids is 1. The zero-order valence-corrected chi connectivity index (χ0v) is 9.48. The maximum Gasteiger partial charge on any atom is 0.341 e. The molecule has 1 aromatic rings. The third-order valence-corrected chi connectivity index (χ3v) is 4.05. The van der Waals surface area contributed by atoms with Crippen molar-refractivity contribution in [1.82, 2.24) is 0 Å². The molecule has 0 amide bonds. The summed E-state index contributed by atoms with van der Waals surface area (Å²) in [6.07, 6.45) is -0.965. The number of ketones is 1. The number of benzene rings is 1. The SMILES string of the molecule is O=C1c2c(cccc2S(=O)(=O)C(F)F)CC1(F)F. The number of hydrogen-bond donors (Lipinski definition) is 0. The second-order valence-electron chi connectivity index (χ2n) is 3.81. The molecule has 1 aromatic carbocycles. The van der Waals surface area contributed by atoms with E-state index >= 15 is 0 Å². The lowest BCUT2D eigenvalue weighted by atomic mass is 10.1. The van der Waals surface area contributed by atoms with E-state index in [4.69, 9.17) is 0 Å². The Kier molecular flexibility index (Phi) is 2.73. The van der Waals surface area contributed by atoms with Gasteiger partial charge in [0, 0.05) is 12.0 Å². The average Bonchev–Trinajstić information content (AvgIpc) is 2.49. The number of sulfone groups is 1. The molecule has 0 atom stereocenters. The van der Waals surface area contributed by atoms with Crippen molar-refractivity contribution in [1.29, 1.82) is 0 Å². The highest BCUT2D eigenvalue weighted by atomic mass is 32.2. The van der Waals surface area contributed by atoms with E-state index in [2.05, 4.69) is 0 Å². The van der Waals surface area contributed by atoms with Crippen LogP contribution in [0.3, 0.4) is 0 Å². The maximum atomic E-state index is 13.2. The van der Waals surface area contributed by atoms with Gasteiger partial charge in [-0.3, -0.25) is 4.79 Å². The molecular weight excluding hydrogens is 276 g/mol. The van der Waals surface area contributed by atoms with Gasteiger partial charge < -0.3 is 0 Å². The second kappa shape index (κ2) is 3.78. The van der Waals surface area contributed by atoms with Crippen LogP contribution < -0.4 is 0 Å². The van der Waals surface area contributed by atoms with E-state index in [0.29, 0.717) is 0 Å². The fourth-order valence-corrected chi connectivity index (χ4v) is 2.79. The number of Topliss-reactive ketones (excluding diaryl/α,β-unsaturated/α-hetero) is 1. The first-order valence-corrected chi connectivity index (χ1v) is 6.29. The molecule has 1 aliphatic carbocycles. The first kappa shape index (κ1) is 13.0. The van der Waals surface area contributed by atoms with Crippen LogP contribution in [0.15, 0.2) is 23.1 Å². The minimum Gasteiger partial charge on any atom is -0.287 e. The topological polar surface area (TPSA) is 51.2 Å². The van der Waals surface area contributed by atoms with Crippen LogP contribution in [-0.2, 0) is 16.3 Å². The van der Waals surface area contributed by atoms with E-state index in [1.54, 1.807) is 0 Å². The van der Waals surface area contributed by atoms with Gasteiger partial charge in [-0.1, -0.05) is 12.1 Å². The predicted molar refractivity (Wildman–Crippen MR) is 52.6 cm³/mol. The Bertz CT molecular complexity index is 622. The van der Waals surface area contributed by atoms with Crippen LogP contribution in [0.2, 0.25) is 0 Å². The maximum absolute atomic E-state index is 13.2. The highest BCUT2D eigenvalue weighted by Crippen LogP contribution is 2.38. The molecule has 8 heteroatoms. The minimum atomic E-state index is -5.07. The van der Waals surface area contributed by atoms with Crippen LogP contribution in [0.25, 0.3) is 0 Å². The Morgan fingerprint density at radius 1 is 1.22 bits per heavy atom. The van der Waals surface area contributed by atoms with Gasteiger partial charge in [-0.2, -0.15) is 17.6 Å². The molecule has 0 aliphatic heterocycles. The van der Waals surface area contributed by atoms with Gasteiger partial charge in [-0.15, -0.1) is 0 Å². The number of fused-ring (bicyclic) bond motifs is 1. The van der Waals surface area contributed by atoms with E-state index in [-0.39, 0.29) is 5.56 Å². The van der Waals surface area contributed by atoms with E-state index in [0.717, 1.165) is 18.2 Å². The van der Waals surface area contributed by atoms with Crippen LogP contribution in [-0.4, -0.2) is 25.9 Å². The lowest BCUT2D eigenvalue weighted by molar-refractivity contribution is 0.0166. The van der Waals surface area contributed by atoms with Crippen molar-refractivity contribution in [3.05, 3.63) is 29.3 Å². The molecule has 0 aromatic heterocycles. The number of rotatable bonds is 2. The van der Waals surface area contributed by atoms with E-state index in [9.17, 15) is 30.8 Å². The summed E-state index contributed by atoms with van der Waals surface area (Å²) in [5, 5.41) is 0. The molecule has 18 heavy (non-hydrogen) atoms. The van der Waals surface area contributed by atoms with Gasteiger partial charge in [0.1, 0.15) is 0 Å². The summed E-state index contributed by atoms with van der Waals surface area (Å²) in [6.45, 7) is 0. The summed E-state index contributed by atoms with van der Waals surface area (Å²) in [7, 11) is -5.07. The summed E-state index contributed by atoms with van der Waals surface area (Å²) < 4.78 is 73.7. The molecular formula is C10H6F4O3S. The molecule has 0 fully saturated rings. The fraction of sp³-hybridized carbons (Fsp3) is 0.300. The first-order valence-electron chi connectivity index (χ1n) is 4.74. The van der Waals surface area contributed by atoms with Crippen molar-refractivity contribution in [2.24, 2.45) is 0 Å². The number of carbonyl (C=O) groups is 1. The standard InChI is InChI=1S/C10H6F4O3S/c11-9(12)18(16,17)6-3-1-2-5-4-10(13,14)8(15)7(5)6/h1-3,9H,4H2. The summed E-state index contributed by atoms with van der Waals surface area (Å²) in [6, 6.07) is 2.92. The lowest BCUT2D eigenvalue weighted by Crippen LogP contribution is -2.25. The molecule has 0 saturated heterocycles. The van der Waals surface area contributed by atoms with Gasteiger partial charge in [-0.25, -0.2) is 8.42 Å². The van der Waals surface area contributed by atoms with Gasteiger partial charge in [-0.05, 0) is 11.6 Å². The highest BCUT2D eigenvalue weighted by molar-refractivity contribution is 7.91. The predicted octanol–water partition coefficient (Wildman–Crippen LogP) is 2.06. The van der Waals surface area contributed by atoms with Crippen molar-refractivity contribution >= 4 is 15.6 Å². The van der Waals surface area contributed by atoms with Crippen molar-refractivity contribution in [3.63, 3.8) is 0 Å². The monoisotopic (exact) mass is 282 g/mol. The zero-order valence-electron chi connectivity index (χ0n) is 8.66. The quantitative estimate of drug-likeness (QED) is 0.780. The molecule has 0 heterocycles. The van der Waals surface area contributed by atoms with Crippen molar-refractivity contribution < 1.29 is 30.8 Å². The second-order valence-corrected chi connectivity index (χ2v) is 5.69. The smallest absolute Gasteiger partial charge is 0.287 e. The summed E-state index contributed by atoms with van der Waals surface area (Å²) in [4.78, 5) is 10.3. The van der Waals surface area contributed by atoms with Gasteiger partial charge in [0.15, 0.2) is 0 Å². The first-order chi connectivity index (χ1) is 8.18. The molecule has 0 unspecified atom stereocenters. The van der Waals surface area contributed by atoms with Crippen LogP contribution in [0, 0.1) is 0 Å². The third kappa shape index (κ3) is 1.71. The zero-order chi connectivity index (χ0) is 13.7. The lowest BCUT2D eigenvalue weighted by Gasteiger charge is -2.08. The van der Waals surface area contributed by atoms with Crippen LogP contribution in [0.1, 0.15) is 15.9 Å². The molecule has 0 N–H and O–H groups in total. The summed E-state index contributed by atoms with van der Waals surface area (Å²) in [5.74, 6) is -9.22. The fourth-order valence-electron chi connectivity index (χ4n) is 1.82. The molecule has 2 rings (SSSR count). The number of alkyl halides is 4.